The first-order valence-corrected chi connectivity index (χ1v) is 5.00. The lowest BCUT2D eigenvalue weighted by atomic mass is 10.3. The highest BCUT2D eigenvalue weighted by atomic mass is 32.1. The van der Waals surface area contributed by atoms with Gasteiger partial charge in [0, 0.05) is 0 Å². The van der Waals surface area contributed by atoms with E-state index in [1.54, 1.807) is 11.3 Å². The number of nitrogens with zero attached hydrogens (tertiary/aromatic N) is 3. The van der Waals surface area contributed by atoms with Crippen molar-refractivity contribution in [3.63, 3.8) is 0 Å². The Balaban J connectivity index is 2.62. The maximum absolute atomic E-state index is 4.20. The summed E-state index contributed by atoms with van der Waals surface area (Å²) in [6.07, 6.45) is 0. The first-order chi connectivity index (χ1) is 5.93. The van der Waals surface area contributed by atoms with Crippen LogP contribution in [0.1, 0.15) is 0 Å². The van der Waals surface area contributed by atoms with E-state index in [2.05, 4.69) is 13.7 Å². The summed E-state index contributed by atoms with van der Waals surface area (Å²) >= 11 is 2.88. The molecule has 2 aromatic heterocycles. The quantitative estimate of drug-likeness (QED) is 0.550. The zero-order valence-electron chi connectivity index (χ0n) is 5.89. The molecule has 0 amide bonds. The predicted molar refractivity (Wildman–Crippen MR) is 50.6 cm³/mol. The largest absolute Gasteiger partial charge is 0.245 e. The van der Waals surface area contributed by atoms with Crippen molar-refractivity contribution in [2.75, 3.05) is 0 Å². The number of aromatic nitrogens is 3. The van der Waals surface area contributed by atoms with E-state index in [0.29, 0.717) is 0 Å². The van der Waals surface area contributed by atoms with Crippen LogP contribution >= 0.6 is 23.1 Å². The van der Waals surface area contributed by atoms with Crippen LogP contribution in [0.2, 0.25) is 0 Å². The monoisotopic (exact) mass is 193 g/mol. The Bertz CT molecular complexity index is 449. The van der Waals surface area contributed by atoms with Gasteiger partial charge in [0.25, 0.3) is 0 Å². The van der Waals surface area contributed by atoms with E-state index in [1.807, 2.05) is 17.6 Å². The Labute approximate surface area is 76.0 Å². The van der Waals surface area contributed by atoms with E-state index in [4.69, 9.17) is 0 Å². The highest BCUT2D eigenvalue weighted by Gasteiger charge is 2.02. The van der Waals surface area contributed by atoms with Gasteiger partial charge in [-0.1, -0.05) is 0 Å². The normalized spacial score (nSPS) is 11.3. The average molecular weight is 193 g/mol. The number of benzene rings is 1. The average Bonchev–Trinajstić information content (AvgIpc) is 2.64. The minimum Gasteiger partial charge on any atom is -0.245 e. The SMILES string of the molecule is c1nc2cc3nsnc3cc2s1. The molecule has 0 aliphatic rings. The van der Waals surface area contributed by atoms with Crippen molar-refractivity contribution < 1.29 is 0 Å². The van der Waals surface area contributed by atoms with Gasteiger partial charge in [0.15, 0.2) is 0 Å². The summed E-state index contributed by atoms with van der Waals surface area (Å²) in [5.74, 6) is 0. The summed E-state index contributed by atoms with van der Waals surface area (Å²) in [5.41, 5.74) is 4.77. The fraction of sp³-hybridized carbons (Fsp3) is 0. The molecule has 58 valence electrons. The van der Waals surface area contributed by atoms with E-state index in [0.717, 1.165) is 16.6 Å². The molecule has 3 rings (SSSR count). The summed E-state index contributed by atoms with van der Waals surface area (Å²) in [6.45, 7) is 0. The van der Waals surface area contributed by atoms with Crippen LogP contribution in [0, 0.1) is 0 Å². The molecule has 3 nitrogen and oxygen atoms in total. The van der Waals surface area contributed by atoms with Gasteiger partial charge in [-0.15, -0.1) is 11.3 Å². The lowest BCUT2D eigenvalue weighted by molar-refractivity contribution is 1.50. The molecule has 0 saturated heterocycles. The number of fused-ring (bicyclic) bond motifs is 2. The molecule has 5 heteroatoms. The van der Waals surface area contributed by atoms with Crippen molar-refractivity contribution in [3.8, 4) is 0 Å². The van der Waals surface area contributed by atoms with E-state index >= 15 is 0 Å². The summed E-state index contributed by atoms with van der Waals surface area (Å²) in [4.78, 5) is 4.20. The standard InChI is InChI=1S/C7H3N3S2/c1-4-5(10-12-9-4)2-7-6(1)8-3-11-7/h1-3H. The van der Waals surface area contributed by atoms with Gasteiger partial charge in [-0.25, -0.2) is 4.98 Å². The van der Waals surface area contributed by atoms with Crippen LogP contribution in [-0.4, -0.2) is 13.7 Å². The smallest absolute Gasteiger partial charge is 0.107 e. The molecule has 0 radical (unpaired) electrons. The third kappa shape index (κ3) is 0.774. The number of thiazole rings is 1. The number of hydrogen-bond acceptors (Lipinski definition) is 5. The zero-order valence-corrected chi connectivity index (χ0v) is 7.52. The van der Waals surface area contributed by atoms with Crippen LogP contribution in [0.3, 0.4) is 0 Å². The minimum atomic E-state index is 0.943. The second kappa shape index (κ2) is 2.21. The third-order valence-electron chi connectivity index (χ3n) is 1.71. The predicted octanol–water partition coefficient (Wildman–Crippen LogP) is 2.30. The molecule has 3 aromatic rings. The highest BCUT2D eigenvalue weighted by molar-refractivity contribution is 7.16. The molecule has 2 heterocycles. The second-order valence-corrected chi connectivity index (χ2v) is 3.84. The molecular formula is C7H3N3S2. The minimum absolute atomic E-state index is 0.943. The van der Waals surface area contributed by atoms with Crippen LogP contribution < -0.4 is 0 Å². The van der Waals surface area contributed by atoms with Crippen LogP contribution in [-0.2, 0) is 0 Å². The van der Waals surface area contributed by atoms with Gasteiger partial charge in [-0.2, -0.15) is 8.75 Å². The fourth-order valence-electron chi connectivity index (χ4n) is 1.14. The van der Waals surface area contributed by atoms with Gasteiger partial charge in [0.2, 0.25) is 0 Å². The van der Waals surface area contributed by atoms with E-state index < -0.39 is 0 Å². The lowest BCUT2D eigenvalue weighted by Gasteiger charge is -1.85. The topological polar surface area (TPSA) is 38.7 Å². The summed E-state index contributed by atoms with van der Waals surface area (Å²) in [5, 5.41) is 0. The van der Waals surface area contributed by atoms with Gasteiger partial charge in [-0.3, -0.25) is 0 Å². The maximum atomic E-state index is 4.20. The lowest BCUT2D eigenvalue weighted by Crippen LogP contribution is -1.69. The first kappa shape index (κ1) is 6.45. The molecular weight excluding hydrogens is 190 g/mol. The summed E-state index contributed by atoms with van der Waals surface area (Å²) in [6, 6.07) is 4.01. The van der Waals surface area contributed by atoms with Gasteiger partial charge in [0.05, 0.1) is 27.5 Å². The fourth-order valence-corrected chi connectivity index (χ4v) is 2.34. The molecule has 0 aliphatic carbocycles. The molecule has 0 bridgehead atoms. The molecule has 0 spiro atoms. The van der Waals surface area contributed by atoms with Crippen LogP contribution in [0.25, 0.3) is 21.3 Å². The summed E-state index contributed by atoms with van der Waals surface area (Å²) < 4.78 is 9.48. The van der Waals surface area contributed by atoms with E-state index in [1.165, 1.54) is 16.4 Å². The van der Waals surface area contributed by atoms with Crippen molar-refractivity contribution in [2.24, 2.45) is 0 Å². The highest BCUT2D eigenvalue weighted by Crippen LogP contribution is 2.23. The molecule has 0 aliphatic heterocycles. The molecule has 0 unspecified atom stereocenters. The number of hydrogen-bond donors (Lipinski definition) is 0. The zero-order chi connectivity index (χ0) is 7.97. The van der Waals surface area contributed by atoms with Crippen LogP contribution in [0.15, 0.2) is 17.6 Å². The van der Waals surface area contributed by atoms with Crippen molar-refractivity contribution in [3.05, 3.63) is 17.6 Å². The first-order valence-electron chi connectivity index (χ1n) is 3.39. The molecule has 1 aromatic carbocycles. The van der Waals surface area contributed by atoms with Crippen molar-refractivity contribution in [1.82, 2.24) is 13.7 Å². The molecule has 0 N–H and O–H groups in total. The van der Waals surface area contributed by atoms with Crippen molar-refractivity contribution in [2.45, 2.75) is 0 Å². The van der Waals surface area contributed by atoms with Gasteiger partial charge in [0.1, 0.15) is 11.0 Å². The van der Waals surface area contributed by atoms with Crippen molar-refractivity contribution >= 4 is 44.3 Å². The Morgan fingerprint density at radius 2 is 1.83 bits per heavy atom. The molecule has 12 heavy (non-hydrogen) atoms. The Hall–Kier alpha value is -1.07. The van der Waals surface area contributed by atoms with E-state index in [9.17, 15) is 0 Å². The van der Waals surface area contributed by atoms with E-state index in [-0.39, 0.29) is 0 Å². The molecule has 0 saturated carbocycles. The van der Waals surface area contributed by atoms with Crippen LogP contribution in [0.4, 0.5) is 0 Å². The van der Waals surface area contributed by atoms with Gasteiger partial charge >= 0.3 is 0 Å². The van der Waals surface area contributed by atoms with Gasteiger partial charge < -0.3 is 0 Å². The third-order valence-corrected chi connectivity index (χ3v) is 3.05. The van der Waals surface area contributed by atoms with Gasteiger partial charge in [-0.05, 0) is 12.1 Å². The van der Waals surface area contributed by atoms with Crippen molar-refractivity contribution in [1.29, 1.82) is 0 Å². The Morgan fingerprint density at radius 1 is 1.00 bits per heavy atom. The molecule has 0 atom stereocenters. The maximum Gasteiger partial charge on any atom is 0.107 e. The number of rotatable bonds is 0. The van der Waals surface area contributed by atoms with Crippen LogP contribution in [0.5, 0.6) is 0 Å². The molecule has 0 fully saturated rings. The Kier molecular flexibility index (Phi) is 1.19. The Morgan fingerprint density at radius 3 is 2.75 bits per heavy atom. The second-order valence-electron chi connectivity index (χ2n) is 2.43. The summed E-state index contributed by atoms with van der Waals surface area (Å²) in [7, 11) is 0.